The van der Waals surface area contributed by atoms with Gasteiger partial charge in [0.2, 0.25) is 11.8 Å². The van der Waals surface area contributed by atoms with E-state index in [2.05, 4.69) is 44.3 Å². The van der Waals surface area contributed by atoms with Gasteiger partial charge in [0, 0.05) is 70.7 Å². The number of hydrogen-bond acceptors (Lipinski definition) is 7. The van der Waals surface area contributed by atoms with E-state index in [1.165, 1.54) is 38.9 Å². The monoisotopic (exact) mass is 716 g/mol. The fourth-order valence-corrected chi connectivity index (χ4v) is 10.2. The number of nitrogens with one attached hydrogen (secondary N) is 1. The highest BCUT2D eigenvalue weighted by Crippen LogP contribution is 2.55. The normalized spacial score (nSPS) is 26.5. The number of allylic oxidation sites excluding steroid dienone is 4. The molecule has 1 N–H and O–H groups in total. The molecule has 3 unspecified atom stereocenters. The molecule has 2 bridgehead atoms. The highest BCUT2D eigenvalue weighted by molar-refractivity contribution is 7.87. The van der Waals surface area contributed by atoms with Crippen LogP contribution in [-0.4, -0.2) is 116 Å². The highest BCUT2D eigenvalue weighted by Gasteiger charge is 2.51. The van der Waals surface area contributed by atoms with Crippen LogP contribution < -0.4 is 9.46 Å². The number of likely N-dealkylation sites (N-methyl/N-ethyl adjacent to an activating group) is 1. The van der Waals surface area contributed by atoms with Gasteiger partial charge >= 0.3 is 10.2 Å². The third-order valence-electron chi connectivity index (χ3n) is 12.1. The molecular formula is C38H48N6O6S. The zero-order chi connectivity index (χ0) is 35.9. The number of aromatic nitrogens is 1. The smallest absolute Gasteiger partial charge is 0.303 e. The molecule has 13 heteroatoms. The average molecular weight is 717 g/mol. The Morgan fingerprint density at radius 2 is 1.71 bits per heavy atom. The number of fused-ring (bicyclic) bond motifs is 8. The molecule has 1 aromatic carbocycles. The summed E-state index contributed by atoms with van der Waals surface area (Å²) in [6, 6.07) is 6.21. The molecule has 0 spiro atoms. The van der Waals surface area contributed by atoms with Crippen molar-refractivity contribution >= 4 is 38.8 Å². The van der Waals surface area contributed by atoms with Gasteiger partial charge in [-0.3, -0.25) is 14.4 Å². The molecule has 8 rings (SSSR count). The van der Waals surface area contributed by atoms with Gasteiger partial charge in [0.15, 0.2) is 0 Å². The second-order valence-electron chi connectivity index (χ2n) is 15.4. The summed E-state index contributed by atoms with van der Waals surface area (Å²) in [4.78, 5) is 47.5. The third kappa shape index (κ3) is 5.63. The van der Waals surface area contributed by atoms with Crippen LogP contribution in [0.5, 0.6) is 5.75 Å². The van der Waals surface area contributed by atoms with E-state index in [-0.39, 0.29) is 29.8 Å². The second kappa shape index (κ2) is 12.6. The predicted octanol–water partition coefficient (Wildman–Crippen LogP) is 3.27. The third-order valence-corrected chi connectivity index (χ3v) is 13.5. The van der Waals surface area contributed by atoms with Gasteiger partial charge in [-0.15, -0.1) is 0 Å². The molecule has 4 atom stereocenters. The Morgan fingerprint density at radius 1 is 1.00 bits per heavy atom. The molecule has 272 valence electrons. The lowest BCUT2D eigenvalue weighted by Gasteiger charge is -2.53. The van der Waals surface area contributed by atoms with E-state index in [1.807, 2.05) is 17.1 Å². The molecule has 12 nitrogen and oxygen atoms in total. The lowest BCUT2D eigenvalue weighted by molar-refractivity contribution is -0.155. The van der Waals surface area contributed by atoms with Crippen molar-refractivity contribution < 1.29 is 27.5 Å². The van der Waals surface area contributed by atoms with Crippen LogP contribution in [0.25, 0.3) is 10.9 Å². The van der Waals surface area contributed by atoms with Crippen molar-refractivity contribution in [2.24, 2.45) is 5.92 Å². The number of hydrogen-bond donors (Lipinski definition) is 1. The van der Waals surface area contributed by atoms with Gasteiger partial charge in [-0.2, -0.15) is 12.7 Å². The van der Waals surface area contributed by atoms with Gasteiger partial charge in [-0.1, -0.05) is 37.5 Å². The molecule has 3 amide bonds. The number of nitrogens with zero attached hydrogens (tertiary/aromatic N) is 5. The van der Waals surface area contributed by atoms with Crippen molar-refractivity contribution in [1.82, 2.24) is 28.3 Å². The van der Waals surface area contributed by atoms with Crippen LogP contribution in [0, 0.1) is 5.92 Å². The summed E-state index contributed by atoms with van der Waals surface area (Å²) >= 11 is 0. The zero-order valence-corrected chi connectivity index (χ0v) is 31.0. The predicted molar refractivity (Wildman–Crippen MR) is 193 cm³/mol. The number of ether oxygens (including phenoxy) is 1. The topological polar surface area (TPSA) is 124 Å². The SMILES string of the molecule is COc1ccc(C2CCCCC2)c2c1cc1n2CC2=C(C(=O)NS(=O)(=O)N(C)C)C2=C2C=CC[C@@H](C(=O)N3C4CN(C)CC3CN(C(C)=O)C4)C21. The summed E-state index contributed by atoms with van der Waals surface area (Å²) in [6.45, 7) is 4.37. The van der Waals surface area contributed by atoms with Crippen LogP contribution >= 0.6 is 0 Å². The highest BCUT2D eigenvalue weighted by atomic mass is 32.2. The maximum absolute atomic E-state index is 15.1. The standard InChI is InChI=1S/C38H48N6O6S/c1-22(45)42-19-24-17-41(4)18-25(20-42)44(24)38(47)28-13-9-12-27-33(28)31-16-29-32(50-5)15-14-26(23-10-7-6-8-11-23)36(29)43(31)21-30-34(27)35(30)37(46)39-51(48,49)40(2)3/h9,12,14-16,23-25,28,33H,6-8,10-11,13,17-21H2,1-5H3,(H,39,46)/t24?,25?,28-,33?/m1/s1. The van der Waals surface area contributed by atoms with E-state index in [9.17, 15) is 18.0 Å². The molecule has 3 fully saturated rings. The average Bonchev–Trinajstić information content (AvgIpc) is 3.73. The quantitative estimate of drug-likeness (QED) is 0.487. The van der Waals surface area contributed by atoms with Crippen LogP contribution in [0.1, 0.15) is 68.5 Å². The molecule has 2 aromatic rings. The lowest BCUT2D eigenvalue weighted by Crippen LogP contribution is -2.70. The Hall–Kier alpha value is -3.94. The fourth-order valence-electron chi connectivity index (χ4n) is 9.72. The van der Waals surface area contributed by atoms with Crippen molar-refractivity contribution in [1.29, 1.82) is 0 Å². The summed E-state index contributed by atoms with van der Waals surface area (Å²) in [5, 5.41) is 0.995. The fraction of sp³-hybridized carbons (Fsp3) is 0.553. The summed E-state index contributed by atoms with van der Waals surface area (Å²) in [6.07, 6.45) is 10.4. The molecule has 4 heterocycles. The number of carbonyl (C=O) groups excluding carboxylic acids is 3. The van der Waals surface area contributed by atoms with Crippen LogP contribution in [0.15, 0.2) is 52.6 Å². The Labute approximate surface area is 299 Å². The van der Waals surface area contributed by atoms with Crippen molar-refractivity contribution in [2.75, 3.05) is 54.4 Å². The molecule has 1 saturated carbocycles. The first-order valence-corrected chi connectivity index (χ1v) is 19.7. The van der Waals surface area contributed by atoms with Crippen molar-refractivity contribution in [3.8, 4) is 5.75 Å². The van der Waals surface area contributed by atoms with Crippen LogP contribution in [0.4, 0.5) is 0 Å². The number of piperazine rings is 2. The van der Waals surface area contributed by atoms with Crippen molar-refractivity contribution in [3.63, 3.8) is 0 Å². The molecule has 0 radical (unpaired) electrons. The maximum Gasteiger partial charge on any atom is 0.303 e. The minimum atomic E-state index is -4.02. The summed E-state index contributed by atoms with van der Waals surface area (Å²) < 4.78 is 37.1. The van der Waals surface area contributed by atoms with E-state index < -0.39 is 22.0 Å². The molecule has 1 aromatic heterocycles. The van der Waals surface area contributed by atoms with E-state index in [0.717, 1.165) is 56.2 Å². The number of benzene rings is 1. The molecule has 6 aliphatic rings. The summed E-state index contributed by atoms with van der Waals surface area (Å²) in [7, 11) is 2.51. The molecule has 2 saturated heterocycles. The van der Waals surface area contributed by atoms with E-state index in [0.29, 0.717) is 50.6 Å². The number of amides is 3. The zero-order valence-electron chi connectivity index (χ0n) is 30.1. The van der Waals surface area contributed by atoms with Gasteiger partial charge in [0.05, 0.1) is 36.2 Å². The Balaban J connectivity index is 1.28. The Bertz CT molecular complexity index is 2020. The van der Waals surface area contributed by atoms with Crippen LogP contribution in [-0.2, 0) is 31.1 Å². The maximum atomic E-state index is 15.1. The van der Waals surface area contributed by atoms with Crippen molar-refractivity contribution in [3.05, 3.63) is 63.9 Å². The van der Waals surface area contributed by atoms with Gasteiger partial charge in [0.25, 0.3) is 5.91 Å². The van der Waals surface area contributed by atoms with Gasteiger partial charge in [-0.05, 0) is 66.6 Å². The molecule has 3 aliphatic carbocycles. The minimum absolute atomic E-state index is 0.0275. The summed E-state index contributed by atoms with van der Waals surface area (Å²) in [5.41, 5.74) is 6.19. The largest absolute Gasteiger partial charge is 0.496 e. The number of rotatable bonds is 6. The minimum Gasteiger partial charge on any atom is -0.496 e. The first-order valence-electron chi connectivity index (χ1n) is 18.2. The number of carbonyl (C=O) groups is 3. The molecule has 51 heavy (non-hydrogen) atoms. The Kier molecular flexibility index (Phi) is 8.46. The Morgan fingerprint density at radius 3 is 2.35 bits per heavy atom. The van der Waals surface area contributed by atoms with Gasteiger partial charge < -0.3 is 24.0 Å². The van der Waals surface area contributed by atoms with E-state index >= 15 is 4.79 Å². The second-order valence-corrected chi connectivity index (χ2v) is 17.3. The first-order chi connectivity index (χ1) is 24.4. The molecule has 3 aliphatic heterocycles. The van der Waals surface area contributed by atoms with Crippen LogP contribution in [0.2, 0.25) is 0 Å². The van der Waals surface area contributed by atoms with Crippen LogP contribution in [0.3, 0.4) is 0 Å². The van der Waals surface area contributed by atoms with E-state index in [1.54, 1.807) is 14.0 Å². The summed E-state index contributed by atoms with van der Waals surface area (Å²) in [5.74, 6) is -0.217. The van der Waals surface area contributed by atoms with E-state index in [4.69, 9.17) is 4.74 Å². The van der Waals surface area contributed by atoms with Gasteiger partial charge in [-0.25, -0.2) is 4.72 Å². The number of methoxy groups -OCH3 is 1. The van der Waals surface area contributed by atoms with Gasteiger partial charge in [0.1, 0.15) is 5.75 Å². The lowest BCUT2D eigenvalue weighted by atomic mass is 9.75. The van der Waals surface area contributed by atoms with Crippen molar-refractivity contribution in [2.45, 2.75) is 75.9 Å². The first kappa shape index (κ1) is 34.2. The molecular weight excluding hydrogens is 669 g/mol.